The fourth-order valence-electron chi connectivity index (χ4n) is 2.38. The quantitative estimate of drug-likeness (QED) is 0.753. The molecule has 0 aliphatic rings. The zero-order chi connectivity index (χ0) is 21.1. The maximum absolute atomic E-state index is 13.9. The molecule has 0 saturated carbocycles. The molecule has 8 nitrogen and oxygen atoms in total. The van der Waals surface area contributed by atoms with E-state index < -0.39 is 17.5 Å². The third-order valence-corrected chi connectivity index (χ3v) is 3.88. The monoisotopic (exact) mass is 391 g/mol. The number of benzene rings is 1. The number of nitrogens with zero attached hydrogens (tertiary/aromatic N) is 3. The average molecular weight is 391 g/mol. The van der Waals surface area contributed by atoms with Crippen LogP contribution in [0, 0.1) is 12.7 Å². The molecule has 1 heterocycles. The SMILES string of the molecule is Cc1c(N)cc(F)cc1-c1ncnc(N)c1OCCN(C)C(=O)OC(C)(C)C. The summed E-state index contributed by atoms with van der Waals surface area (Å²) in [6.45, 7) is 7.48. The lowest BCUT2D eigenvalue weighted by molar-refractivity contribution is 0.0278. The Labute approximate surface area is 163 Å². The Kier molecular flexibility index (Phi) is 6.27. The van der Waals surface area contributed by atoms with E-state index in [1.54, 1.807) is 34.7 Å². The number of hydrogen-bond donors (Lipinski definition) is 2. The topological polar surface area (TPSA) is 117 Å². The summed E-state index contributed by atoms with van der Waals surface area (Å²) >= 11 is 0. The number of anilines is 2. The maximum atomic E-state index is 13.9. The molecule has 2 rings (SSSR count). The summed E-state index contributed by atoms with van der Waals surface area (Å²) in [7, 11) is 1.60. The summed E-state index contributed by atoms with van der Waals surface area (Å²) in [5.41, 5.74) is 12.9. The van der Waals surface area contributed by atoms with Gasteiger partial charge in [-0.1, -0.05) is 0 Å². The Morgan fingerprint density at radius 2 is 1.93 bits per heavy atom. The third-order valence-electron chi connectivity index (χ3n) is 3.88. The number of halogens is 1. The molecule has 0 aliphatic carbocycles. The summed E-state index contributed by atoms with van der Waals surface area (Å²) in [5.74, 6) is -0.189. The Morgan fingerprint density at radius 3 is 2.57 bits per heavy atom. The van der Waals surface area contributed by atoms with Crippen molar-refractivity contribution in [3.05, 3.63) is 29.8 Å². The second kappa shape index (κ2) is 8.28. The number of nitrogens with two attached hydrogens (primary N) is 2. The van der Waals surface area contributed by atoms with Gasteiger partial charge < -0.3 is 25.8 Å². The largest absolute Gasteiger partial charge is 0.486 e. The number of nitrogen functional groups attached to an aromatic ring is 2. The highest BCUT2D eigenvalue weighted by Crippen LogP contribution is 2.35. The summed E-state index contributed by atoms with van der Waals surface area (Å²) in [6.07, 6.45) is 0.799. The number of likely N-dealkylation sites (N-methyl/N-ethyl adjacent to an activating group) is 1. The first-order valence-electron chi connectivity index (χ1n) is 8.73. The van der Waals surface area contributed by atoms with Crippen LogP contribution >= 0.6 is 0 Å². The smallest absolute Gasteiger partial charge is 0.410 e. The predicted molar refractivity (Wildman–Crippen MR) is 105 cm³/mol. The van der Waals surface area contributed by atoms with E-state index in [0.717, 1.165) is 0 Å². The van der Waals surface area contributed by atoms with Crippen molar-refractivity contribution in [3.8, 4) is 17.0 Å². The van der Waals surface area contributed by atoms with Gasteiger partial charge in [-0.3, -0.25) is 0 Å². The molecular formula is C19H26FN5O3. The van der Waals surface area contributed by atoms with Gasteiger partial charge in [0.15, 0.2) is 11.6 Å². The van der Waals surface area contributed by atoms with Crippen molar-refractivity contribution in [2.45, 2.75) is 33.3 Å². The van der Waals surface area contributed by atoms with Crippen molar-refractivity contribution in [1.29, 1.82) is 0 Å². The summed E-state index contributed by atoms with van der Waals surface area (Å²) in [5, 5.41) is 0. The van der Waals surface area contributed by atoms with Gasteiger partial charge in [0.05, 0.1) is 6.54 Å². The molecule has 152 valence electrons. The third kappa shape index (κ3) is 5.21. The predicted octanol–water partition coefficient (Wildman–Crippen LogP) is 3.00. The van der Waals surface area contributed by atoms with Gasteiger partial charge in [0.1, 0.15) is 30.0 Å². The fourth-order valence-corrected chi connectivity index (χ4v) is 2.38. The molecule has 2 aromatic rings. The molecular weight excluding hydrogens is 365 g/mol. The van der Waals surface area contributed by atoms with Crippen LogP contribution in [-0.2, 0) is 4.74 Å². The van der Waals surface area contributed by atoms with E-state index >= 15 is 0 Å². The Balaban J connectivity index is 2.19. The highest BCUT2D eigenvalue weighted by atomic mass is 19.1. The van der Waals surface area contributed by atoms with Crippen LogP contribution in [0.4, 0.5) is 20.7 Å². The van der Waals surface area contributed by atoms with Gasteiger partial charge in [0.2, 0.25) is 0 Å². The van der Waals surface area contributed by atoms with Gasteiger partial charge in [-0.05, 0) is 45.4 Å². The maximum Gasteiger partial charge on any atom is 0.410 e. The zero-order valence-corrected chi connectivity index (χ0v) is 16.7. The van der Waals surface area contributed by atoms with Crippen molar-refractivity contribution >= 4 is 17.6 Å². The number of rotatable bonds is 5. The highest BCUT2D eigenvalue weighted by Gasteiger charge is 2.21. The lowest BCUT2D eigenvalue weighted by atomic mass is 10.0. The molecule has 0 bridgehead atoms. The van der Waals surface area contributed by atoms with Crippen LogP contribution in [0.25, 0.3) is 11.3 Å². The van der Waals surface area contributed by atoms with Crippen molar-refractivity contribution in [1.82, 2.24) is 14.9 Å². The molecule has 1 amide bonds. The van der Waals surface area contributed by atoms with Crippen LogP contribution < -0.4 is 16.2 Å². The molecule has 1 aromatic heterocycles. The fraction of sp³-hybridized carbons (Fsp3) is 0.421. The average Bonchev–Trinajstić information content (AvgIpc) is 2.57. The van der Waals surface area contributed by atoms with E-state index in [1.807, 2.05) is 0 Å². The number of amides is 1. The van der Waals surface area contributed by atoms with Crippen LogP contribution in [0.2, 0.25) is 0 Å². The Bertz CT molecular complexity index is 867. The first kappa shape index (κ1) is 21.2. The van der Waals surface area contributed by atoms with E-state index in [4.69, 9.17) is 20.9 Å². The summed E-state index contributed by atoms with van der Waals surface area (Å²) < 4.78 is 24.9. The second-order valence-corrected chi connectivity index (χ2v) is 7.35. The van der Waals surface area contributed by atoms with Crippen LogP contribution in [0.5, 0.6) is 5.75 Å². The number of hydrogen-bond acceptors (Lipinski definition) is 7. The van der Waals surface area contributed by atoms with Crippen molar-refractivity contribution in [2.75, 3.05) is 31.7 Å². The molecule has 28 heavy (non-hydrogen) atoms. The number of aromatic nitrogens is 2. The lowest BCUT2D eigenvalue weighted by Gasteiger charge is -2.24. The molecule has 0 fully saturated rings. The van der Waals surface area contributed by atoms with Gasteiger partial charge in [-0.15, -0.1) is 0 Å². The van der Waals surface area contributed by atoms with Crippen molar-refractivity contribution in [2.24, 2.45) is 0 Å². The normalized spacial score (nSPS) is 11.2. The van der Waals surface area contributed by atoms with Gasteiger partial charge >= 0.3 is 6.09 Å². The van der Waals surface area contributed by atoms with Gasteiger partial charge in [0.25, 0.3) is 0 Å². The van der Waals surface area contributed by atoms with E-state index in [9.17, 15) is 9.18 Å². The minimum Gasteiger partial charge on any atom is -0.486 e. The first-order chi connectivity index (χ1) is 13.0. The second-order valence-electron chi connectivity index (χ2n) is 7.35. The van der Waals surface area contributed by atoms with E-state index in [2.05, 4.69) is 9.97 Å². The van der Waals surface area contributed by atoms with Crippen molar-refractivity contribution in [3.63, 3.8) is 0 Å². The molecule has 1 aromatic carbocycles. The number of carbonyl (C=O) groups excluding carboxylic acids is 1. The molecule has 0 aliphatic heterocycles. The Morgan fingerprint density at radius 1 is 1.25 bits per heavy atom. The van der Waals surface area contributed by atoms with Crippen LogP contribution in [-0.4, -0.2) is 46.8 Å². The molecule has 0 radical (unpaired) electrons. The molecule has 0 unspecified atom stereocenters. The van der Waals surface area contributed by atoms with E-state index in [1.165, 1.54) is 23.4 Å². The number of ether oxygens (including phenoxy) is 2. The molecule has 0 atom stereocenters. The van der Waals surface area contributed by atoms with Gasteiger partial charge in [-0.25, -0.2) is 19.2 Å². The van der Waals surface area contributed by atoms with E-state index in [-0.39, 0.29) is 24.7 Å². The first-order valence-corrected chi connectivity index (χ1v) is 8.73. The molecule has 4 N–H and O–H groups in total. The van der Waals surface area contributed by atoms with Gasteiger partial charge in [-0.2, -0.15) is 0 Å². The summed E-state index contributed by atoms with van der Waals surface area (Å²) in [4.78, 5) is 21.5. The van der Waals surface area contributed by atoms with Crippen LogP contribution in [0.1, 0.15) is 26.3 Å². The van der Waals surface area contributed by atoms with Gasteiger partial charge in [0, 0.05) is 18.3 Å². The summed E-state index contributed by atoms with van der Waals surface area (Å²) in [6, 6.07) is 2.55. The minimum atomic E-state index is -0.591. The molecule has 0 saturated heterocycles. The zero-order valence-electron chi connectivity index (χ0n) is 16.7. The Hall–Kier alpha value is -3.10. The molecule has 9 heteroatoms. The van der Waals surface area contributed by atoms with Crippen LogP contribution in [0.3, 0.4) is 0 Å². The van der Waals surface area contributed by atoms with Crippen LogP contribution in [0.15, 0.2) is 18.5 Å². The molecule has 0 spiro atoms. The highest BCUT2D eigenvalue weighted by molar-refractivity contribution is 5.77. The van der Waals surface area contributed by atoms with E-state index in [0.29, 0.717) is 22.5 Å². The lowest BCUT2D eigenvalue weighted by Crippen LogP contribution is -2.36. The number of carbonyl (C=O) groups is 1. The standard InChI is InChI=1S/C19H26FN5O3/c1-11-13(8-12(20)9-14(11)21)15-16(17(22)24-10-23-15)27-7-6-25(5)18(26)28-19(2,3)4/h8-10H,6-7,21H2,1-5H3,(H2,22,23,24). The minimum absolute atomic E-state index is 0.104. The van der Waals surface area contributed by atoms with Crippen molar-refractivity contribution < 1.29 is 18.7 Å².